The second-order valence-electron chi connectivity index (χ2n) is 7.36. The number of rotatable bonds is 6. The number of methoxy groups -OCH3 is 1. The Balaban J connectivity index is 1.57. The van der Waals surface area contributed by atoms with Gasteiger partial charge in [-0.05, 0) is 32.9 Å². The van der Waals surface area contributed by atoms with Crippen LogP contribution in [0.1, 0.15) is 36.1 Å². The number of hydrogen-bond acceptors (Lipinski definition) is 8. The van der Waals surface area contributed by atoms with Crippen molar-refractivity contribution in [2.75, 3.05) is 12.4 Å². The molecule has 2 heterocycles. The maximum Gasteiger partial charge on any atom is 0.413 e. The van der Waals surface area contributed by atoms with Gasteiger partial charge in [0.1, 0.15) is 17.2 Å². The summed E-state index contributed by atoms with van der Waals surface area (Å²) in [5, 5.41) is 9.24. The number of benzene rings is 1. The first-order valence-corrected chi connectivity index (χ1v) is 10.00. The summed E-state index contributed by atoms with van der Waals surface area (Å²) < 4.78 is 29.4. The molecule has 2 N–H and O–H groups in total. The number of halogens is 1. The molecule has 0 aliphatic heterocycles. The van der Waals surface area contributed by atoms with E-state index >= 15 is 0 Å². The highest BCUT2D eigenvalue weighted by molar-refractivity contribution is 7.15. The Morgan fingerprint density at radius 2 is 2.03 bits per heavy atom. The van der Waals surface area contributed by atoms with Crippen molar-refractivity contribution >= 4 is 28.5 Å². The van der Waals surface area contributed by atoms with Crippen LogP contribution in [0.3, 0.4) is 0 Å². The van der Waals surface area contributed by atoms with Crippen LogP contribution >= 0.6 is 11.3 Å². The molecule has 0 fully saturated rings. The third-order valence-corrected chi connectivity index (χ3v) is 4.68. The Morgan fingerprint density at radius 1 is 1.26 bits per heavy atom. The lowest BCUT2D eigenvalue weighted by Gasteiger charge is -2.18. The molecule has 0 saturated heterocycles. The first-order valence-electron chi connectivity index (χ1n) is 9.18. The molecular weight excluding hydrogens is 427 g/mol. The van der Waals surface area contributed by atoms with Gasteiger partial charge in [-0.1, -0.05) is 16.5 Å². The van der Waals surface area contributed by atoms with Crippen molar-refractivity contribution in [2.24, 2.45) is 0 Å². The van der Waals surface area contributed by atoms with E-state index in [1.165, 1.54) is 42.8 Å². The lowest BCUT2D eigenvalue weighted by Crippen LogP contribution is -2.27. The van der Waals surface area contributed by atoms with Crippen LogP contribution in [-0.4, -0.2) is 34.9 Å². The minimum Gasteiger partial charge on any atom is -0.497 e. The summed E-state index contributed by atoms with van der Waals surface area (Å²) in [6, 6.07) is 5.62. The predicted molar refractivity (Wildman–Crippen MR) is 112 cm³/mol. The molecule has 2 aromatic heterocycles. The second-order valence-corrected chi connectivity index (χ2v) is 8.48. The van der Waals surface area contributed by atoms with Gasteiger partial charge in [0.15, 0.2) is 16.6 Å². The van der Waals surface area contributed by atoms with E-state index in [0.29, 0.717) is 15.8 Å². The highest BCUT2D eigenvalue weighted by Gasteiger charge is 2.19. The largest absolute Gasteiger partial charge is 0.497 e. The molecule has 0 aliphatic rings. The van der Waals surface area contributed by atoms with Gasteiger partial charge in [0.05, 0.1) is 19.2 Å². The molecule has 164 valence electrons. The zero-order chi connectivity index (χ0) is 22.6. The third-order valence-electron chi connectivity index (χ3n) is 3.77. The molecule has 0 radical (unpaired) electrons. The number of nitrogens with zero attached hydrogens (tertiary/aromatic N) is 2. The Morgan fingerprint density at radius 3 is 2.71 bits per heavy atom. The van der Waals surface area contributed by atoms with Crippen LogP contribution in [-0.2, 0) is 11.3 Å². The van der Waals surface area contributed by atoms with Gasteiger partial charge in [-0.3, -0.25) is 10.1 Å². The van der Waals surface area contributed by atoms with Gasteiger partial charge in [0, 0.05) is 23.2 Å². The van der Waals surface area contributed by atoms with Crippen molar-refractivity contribution < 1.29 is 28.0 Å². The predicted octanol–water partition coefficient (Wildman–Crippen LogP) is 4.22. The Kier molecular flexibility index (Phi) is 6.54. The molecule has 0 aliphatic carbocycles. The van der Waals surface area contributed by atoms with Crippen LogP contribution in [0, 0.1) is 5.82 Å². The van der Waals surface area contributed by atoms with Crippen molar-refractivity contribution in [3.05, 3.63) is 46.9 Å². The molecule has 11 heteroatoms. The minimum absolute atomic E-state index is 0.00170. The van der Waals surface area contributed by atoms with E-state index in [9.17, 15) is 14.0 Å². The van der Waals surface area contributed by atoms with Crippen LogP contribution in [0.15, 0.2) is 35.0 Å². The second kappa shape index (κ2) is 9.13. The van der Waals surface area contributed by atoms with Gasteiger partial charge >= 0.3 is 6.09 Å². The van der Waals surface area contributed by atoms with Crippen LogP contribution in [0.2, 0.25) is 0 Å². The summed E-state index contributed by atoms with van der Waals surface area (Å²) in [6.07, 6.45) is 0.914. The Labute approximate surface area is 181 Å². The molecule has 0 unspecified atom stereocenters. The van der Waals surface area contributed by atoms with Gasteiger partial charge in [0.2, 0.25) is 0 Å². The smallest absolute Gasteiger partial charge is 0.413 e. The maximum absolute atomic E-state index is 14.2. The van der Waals surface area contributed by atoms with E-state index < -0.39 is 23.4 Å². The Hall–Kier alpha value is -3.47. The van der Waals surface area contributed by atoms with Crippen molar-refractivity contribution in [1.29, 1.82) is 0 Å². The molecule has 3 aromatic rings. The summed E-state index contributed by atoms with van der Waals surface area (Å²) in [5.41, 5.74) is -0.460. The zero-order valence-corrected chi connectivity index (χ0v) is 18.1. The number of carbonyl (C=O) groups excluding carboxylic acids is 2. The van der Waals surface area contributed by atoms with Crippen molar-refractivity contribution in [3.8, 4) is 17.1 Å². The molecule has 31 heavy (non-hydrogen) atoms. The molecule has 0 spiro atoms. The lowest BCUT2D eigenvalue weighted by molar-refractivity contribution is 0.0635. The summed E-state index contributed by atoms with van der Waals surface area (Å²) in [7, 11) is 1.44. The normalized spacial score (nSPS) is 11.1. The van der Waals surface area contributed by atoms with Gasteiger partial charge in [-0.25, -0.2) is 14.2 Å². The van der Waals surface area contributed by atoms with Crippen molar-refractivity contribution in [3.63, 3.8) is 0 Å². The van der Waals surface area contributed by atoms with E-state index in [1.807, 2.05) is 0 Å². The van der Waals surface area contributed by atoms with Gasteiger partial charge < -0.3 is 19.3 Å². The van der Waals surface area contributed by atoms with Gasteiger partial charge in [0.25, 0.3) is 5.91 Å². The molecule has 0 atom stereocenters. The number of amides is 2. The lowest BCUT2D eigenvalue weighted by atomic mass is 10.1. The zero-order valence-electron chi connectivity index (χ0n) is 17.3. The molecule has 2 amide bonds. The average Bonchev–Trinajstić information content (AvgIpc) is 3.34. The standard InChI is InChI=1S/C20H21FN4O5S/c1-20(2,3)29-19(27)24-18-23-10-12(31-18)9-22-17(26)15-8-16(30-25-15)13-6-5-11(28-4)7-14(13)21/h5-8,10H,9H2,1-4H3,(H,22,26)(H,23,24,27). The van der Waals surface area contributed by atoms with E-state index in [2.05, 4.69) is 20.8 Å². The highest BCUT2D eigenvalue weighted by atomic mass is 32.1. The molecule has 0 bridgehead atoms. The quantitative estimate of drug-likeness (QED) is 0.580. The van der Waals surface area contributed by atoms with E-state index in [1.54, 1.807) is 26.8 Å². The van der Waals surface area contributed by atoms with Gasteiger partial charge in [-0.2, -0.15) is 0 Å². The molecule has 9 nitrogen and oxygen atoms in total. The fourth-order valence-corrected chi connectivity index (χ4v) is 3.17. The number of anilines is 1. The summed E-state index contributed by atoms with van der Waals surface area (Å²) in [6.45, 7) is 5.43. The fraction of sp³-hybridized carbons (Fsp3) is 0.300. The molecule has 0 saturated carbocycles. The van der Waals surface area contributed by atoms with Crippen LogP contribution in [0.25, 0.3) is 11.3 Å². The first kappa shape index (κ1) is 22.2. The van der Waals surface area contributed by atoms with E-state index in [0.717, 1.165) is 0 Å². The maximum atomic E-state index is 14.2. The topological polar surface area (TPSA) is 116 Å². The molecular formula is C20H21FN4O5S. The first-order chi connectivity index (χ1) is 14.6. The monoisotopic (exact) mass is 448 g/mol. The third kappa shape index (κ3) is 6.01. The number of nitrogens with one attached hydrogen (secondary N) is 2. The highest BCUT2D eigenvalue weighted by Crippen LogP contribution is 2.27. The number of carbonyl (C=O) groups is 2. The SMILES string of the molecule is COc1ccc(-c2cc(C(=O)NCc3cnc(NC(=O)OC(C)(C)C)s3)no2)c(F)c1. The Bertz CT molecular complexity index is 1090. The fourth-order valence-electron chi connectivity index (χ4n) is 2.43. The average molecular weight is 448 g/mol. The van der Waals surface area contributed by atoms with Gasteiger partial charge in [-0.15, -0.1) is 0 Å². The van der Waals surface area contributed by atoms with Crippen LogP contribution in [0.4, 0.5) is 14.3 Å². The van der Waals surface area contributed by atoms with Crippen LogP contribution < -0.4 is 15.4 Å². The summed E-state index contributed by atoms with van der Waals surface area (Å²) in [4.78, 5) is 28.9. The number of hydrogen-bond donors (Lipinski definition) is 2. The van der Waals surface area contributed by atoms with Crippen LogP contribution in [0.5, 0.6) is 5.75 Å². The number of thiazole rings is 1. The molecule has 1 aromatic carbocycles. The van der Waals surface area contributed by atoms with E-state index in [-0.39, 0.29) is 23.6 Å². The number of ether oxygens (including phenoxy) is 2. The minimum atomic E-state index is -0.622. The van der Waals surface area contributed by atoms with Crippen molar-refractivity contribution in [2.45, 2.75) is 32.9 Å². The van der Waals surface area contributed by atoms with Crippen molar-refractivity contribution in [1.82, 2.24) is 15.5 Å². The number of aromatic nitrogens is 2. The van der Waals surface area contributed by atoms with E-state index in [4.69, 9.17) is 14.0 Å². The molecule has 3 rings (SSSR count). The summed E-state index contributed by atoms with van der Waals surface area (Å²) >= 11 is 1.19. The summed E-state index contributed by atoms with van der Waals surface area (Å²) in [5.74, 6) is -0.577.